The molecule has 0 aliphatic heterocycles. The maximum atomic E-state index is 12.2. The third-order valence-electron chi connectivity index (χ3n) is 2.97. The van der Waals surface area contributed by atoms with Gasteiger partial charge in [-0.05, 0) is 16.8 Å². The predicted molar refractivity (Wildman–Crippen MR) is 74.7 cm³/mol. The van der Waals surface area contributed by atoms with Crippen molar-refractivity contribution < 1.29 is 19.4 Å². The van der Waals surface area contributed by atoms with Crippen LogP contribution in [0.2, 0.25) is 0 Å². The molecule has 0 aromatic heterocycles. The fourth-order valence-corrected chi connectivity index (χ4v) is 2.00. The summed E-state index contributed by atoms with van der Waals surface area (Å²) in [5.74, 6) is -1.55. The third kappa shape index (κ3) is 2.95. The molecule has 0 heterocycles. The fourth-order valence-electron chi connectivity index (χ4n) is 2.00. The van der Waals surface area contributed by atoms with Gasteiger partial charge in [-0.15, -0.1) is 0 Å². The molecule has 1 atom stereocenters. The van der Waals surface area contributed by atoms with E-state index in [4.69, 9.17) is 9.84 Å². The summed E-state index contributed by atoms with van der Waals surface area (Å²) < 4.78 is 4.79. The normalized spacial score (nSPS) is 12.1. The van der Waals surface area contributed by atoms with Gasteiger partial charge >= 0.3 is 5.97 Å². The highest BCUT2D eigenvalue weighted by Gasteiger charge is 2.21. The van der Waals surface area contributed by atoms with Gasteiger partial charge in [0.05, 0.1) is 6.61 Å². The van der Waals surface area contributed by atoms with E-state index >= 15 is 0 Å². The molecular weight excluding hydrogens is 258 g/mol. The molecule has 2 N–H and O–H groups in total. The minimum absolute atomic E-state index is 0.0775. The van der Waals surface area contributed by atoms with E-state index in [1.165, 1.54) is 7.11 Å². The minimum atomic E-state index is -1.12. The maximum absolute atomic E-state index is 12.2. The Bertz CT molecular complexity index is 633. The minimum Gasteiger partial charge on any atom is -0.480 e. The molecule has 2 aromatic carbocycles. The molecule has 5 nitrogen and oxygen atoms in total. The number of rotatable bonds is 5. The smallest absolute Gasteiger partial charge is 0.328 e. The molecule has 0 saturated carbocycles. The van der Waals surface area contributed by atoms with Crippen LogP contribution in [-0.4, -0.2) is 36.7 Å². The lowest BCUT2D eigenvalue weighted by Crippen LogP contribution is -2.43. The largest absolute Gasteiger partial charge is 0.480 e. The van der Waals surface area contributed by atoms with Crippen LogP contribution in [0.25, 0.3) is 10.8 Å². The maximum Gasteiger partial charge on any atom is 0.328 e. The summed E-state index contributed by atoms with van der Waals surface area (Å²) in [6.07, 6.45) is 0. The average molecular weight is 273 g/mol. The molecule has 0 aliphatic carbocycles. The number of amides is 1. The predicted octanol–water partition coefficient (Wildman–Crippen LogP) is 1.67. The van der Waals surface area contributed by atoms with Crippen LogP contribution in [0, 0.1) is 0 Å². The number of ether oxygens (including phenoxy) is 1. The molecule has 0 bridgehead atoms. The van der Waals surface area contributed by atoms with Crippen molar-refractivity contribution >= 4 is 22.6 Å². The molecule has 0 fully saturated rings. The summed E-state index contributed by atoms with van der Waals surface area (Å²) in [6, 6.07) is 11.7. The topological polar surface area (TPSA) is 75.6 Å². The van der Waals surface area contributed by atoms with Crippen molar-refractivity contribution in [2.24, 2.45) is 0 Å². The highest BCUT2D eigenvalue weighted by molar-refractivity contribution is 6.07. The Balaban J connectivity index is 2.29. The first kappa shape index (κ1) is 14.0. The number of hydrogen-bond donors (Lipinski definition) is 2. The lowest BCUT2D eigenvalue weighted by Gasteiger charge is -2.14. The second-order valence-electron chi connectivity index (χ2n) is 4.35. The van der Waals surface area contributed by atoms with Gasteiger partial charge < -0.3 is 15.2 Å². The molecule has 0 unspecified atom stereocenters. The van der Waals surface area contributed by atoms with Gasteiger partial charge in [-0.1, -0.05) is 36.4 Å². The SMILES string of the molecule is COC[C@H](NC(=O)c1cccc2ccccc12)C(=O)O. The number of methoxy groups -OCH3 is 1. The lowest BCUT2D eigenvalue weighted by atomic mass is 10.0. The van der Waals surface area contributed by atoms with E-state index in [2.05, 4.69) is 5.32 Å². The van der Waals surface area contributed by atoms with Crippen molar-refractivity contribution in [3.05, 3.63) is 48.0 Å². The monoisotopic (exact) mass is 273 g/mol. The first-order valence-corrected chi connectivity index (χ1v) is 6.14. The van der Waals surface area contributed by atoms with E-state index in [9.17, 15) is 9.59 Å². The molecule has 20 heavy (non-hydrogen) atoms. The number of aliphatic carboxylic acids is 1. The van der Waals surface area contributed by atoms with Crippen LogP contribution in [0.4, 0.5) is 0 Å². The number of hydrogen-bond acceptors (Lipinski definition) is 3. The summed E-state index contributed by atoms with van der Waals surface area (Å²) >= 11 is 0. The van der Waals surface area contributed by atoms with E-state index < -0.39 is 17.9 Å². The van der Waals surface area contributed by atoms with Gasteiger partial charge in [-0.2, -0.15) is 0 Å². The van der Waals surface area contributed by atoms with Crippen molar-refractivity contribution in [2.75, 3.05) is 13.7 Å². The van der Waals surface area contributed by atoms with Gasteiger partial charge in [0.2, 0.25) is 0 Å². The quantitative estimate of drug-likeness (QED) is 0.869. The van der Waals surface area contributed by atoms with E-state index in [0.29, 0.717) is 5.56 Å². The molecule has 1 amide bonds. The Morgan fingerprint density at radius 1 is 1.20 bits per heavy atom. The Kier molecular flexibility index (Phi) is 4.32. The Morgan fingerprint density at radius 2 is 1.90 bits per heavy atom. The second kappa shape index (κ2) is 6.16. The molecular formula is C15H15NO4. The number of benzene rings is 2. The number of fused-ring (bicyclic) bond motifs is 1. The summed E-state index contributed by atoms with van der Waals surface area (Å²) in [5, 5.41) is 13.2. The van der Waals surface area contributed by atoms with Gasteiger partial charge in [0.25, 0.3) is 5.91 Å². The van der Waals surface area contributed by atoms with Gasteiger partial charge in [-0.3, -0.25) is 4.79 Å². The van der Waals surface area contributed by atoms with Crippen LogP contribution in [0.1, 0.15) is 10.4 Å². The fraction of sp³-hybridized carbons (Fsp3) is 0.200. The number of carbonyl (C=O) groups excluding carboxylic acids is 1. The molecule has 0 saturated heterocycles. The Labute approximate surface area is 116 Å². The molecule has 2 rings (SSSR count). The zero-order valence-corrected chi connectivity index (χ0v) is 11.0. The molecule has 2 aromatic rings. The second-order valence-corrected chi connectivity index (χ2v) is 4.35. The zero-order valence-electron chi connectivity index (χ0n) is 11.0. The summed E-state index contributed by atoms with van der Waals surface area (Å²) in [7, 11) is 1.39. The van der Waals surface area contributed by atoms with E-state index in [1.807, 2.05) is 30.3 Å². The van der Waals surface area contributed by atoms with Crippen LogP contribution in [0.15, 0.2) is 42.5 Å². The van der Waals surface area contributed by atoms with Crippen molar-refractivity contribution in [3.63, 3.8) is 0 Å². The van der Waals surface area contributed by atoms with E-state index in [1.54, 1.807) is 12.1 Å². The standard InChI is InChI=1S/C15H15NO4/c1-20-9-13(15(18)19)16-14(17)12-8-4-6-10-5-2-3-7-11(10)12/h2-8,13H,9H2,1H3,(H,16,17)(H,18,19)/t13-/m0/s1. The van der Waals surface area contributed by atoms with Crippen LogP contribution in [0.5, 0.6) is 0 Å². The van der Waals surface area contributed by atoms with E-state index in [-0.39, 0.29) is 6.61 Å². The van der Waals surface area contributed by atoms with Crippen LogP contribution in [-0.2, 0) is 9.53 Å². The summed E-state index contributed by atoms with van der Waals surface area (Å²) in [5.41, 5.74) is 0.449. The number of nitrogens with one attached hydrogen (secondary N) is 1. The highest BCUT2D eigenvalue weighted by Crippen LogP contribution is 2.18. The molecule has 0 aliphatic rings. The van der Waals surface area contributed by atoms with Gasteiger partial charge in [-0.25, -0.2) is 4.79 Å². The average Bonchev–Trinajstić information content (AvgIpc) is 2.46. The number of carboxylic acids is 1. The molecule has 5 heteroatoms. The van der Waals surface area contributed by atoms with Crippen molar-refractivity contribution in [1.29, 1.82) is 0 Å². The summed E-state index contributed by atoms with van der Waals surface area (Å²) in [6.45, 7) is -0.0775. The van der Waals surface area contributed by atoms with E-state index in [0.717, 1.165) is 10.8 Å². The first-order chi connectivity index (χ1) is 9.63. The Hall–Kier alpha value is -2.40. The van der Waals surface area contributed by atoms with Crippen molar-refractivity contribution in [2.45, 2.75) is 6.04 Å². The van der Waals surface area contributed by atoms with Gasteiger partial charge in [0, 0.05) is 12.7 Å². The molecule has 104 valence electrons. The molecule has 0 radical (unpaired) electrons. The number of carbonyl (C=O) groups is 2. The number of carboxylic acid groups (broad SMARTS) is 1. The van der Waals surface area contributed by atoms with Gasteiger partial charge in [0.15, 0.2) is 6.04 Å². The van der Waals surface area contributed by atoms with Crippen LogP contribution >= 0.6 is 0 Å². The van der Waals surface area contributed by atoms with Crippen molar-refractivity contribution in [3.8, 4) is 0 Å². The van der Waals surface area contributed by atoms with Gasteiger partial charge in [0.1, 0.15) is 0 Å². The zero-order chi connectivity index (χ0) is 14.5. The lowest BCUT2D eigenvalue weighted by molar-refractivity contribution is -0.140. The molecule has 0 spiro atoms. The van der Waals surface area contributed by atoms with Crippen molar-refractivity contribution in [1.82, 2.24) is 5.32 Å². The first-order valence-electron chi connectivity index (χ1n) is 6.14. The summed E-state index contributed by atoms with van der Waals surface area (Å²) in [4.78, 5) is 23.2. The van der Waals surface area contributed by atoms with Crippen LogP contribution < -0.4 is 5.32 Å². The third-order valence-corrected chi connectivity index (χ3v) is 2.97. The Morgan fingerprint density at radius 3 is 2.60 bits per heavy atom. The van der Waals surface area contributed by atoms with Crippen LogP contribution in [0.3, 0.4) is 0 Å². The highest BCUT2D eigenvalue weighted by atomic mass is 16.5.